The Morgan fingerprint density at radius 1 is 1.21 bits per heavy atom. The number of thiophene rings is 1. The largest absolute Gasteiger partial charge is 0.478 e. The normalized spacial score (nSPS) is 11.0. The van der Waals surface area contributed by atoms with Crippen LogP contribution in [0.1, 0.15) is 16.0 Å². The number of alkyl carbamates (subject to hydrolysis) is 1. The lowest BCUT2D eigenvalue weighted by Crippen LogP contribution is -2.24. The third-order valence-corrected chi connectivity index (χ3v) is 3.83. The number of carbonyl (C=O) groups excluding carboxylic acids is 1. The molecule has 1 heterocycles. The summed E-state index contributed by atoms with van der Waals surface area (Å²) in [5.74, 6) is -0.973. The lowest BCUT2D eigenvalue weighted by molar-refractivity contribution is -0.131. The van der Waals surface area contributed by atoms with Crippen LogP contribution in [0.4, 0.5) is 4.79 Å². The summed E-state index contributed by atoms with van der Waals surface area (Å²) >= 11 is 1.45. The maximum Gasteiger partial charge on any atom is 0.407 e. The molecule has 0 saturated heterocycles. The van der Waals surface area contributed by atoms with Crippen LogP contribution in [0.2, 0.25) is 0 Å². The first-order valence-electron chi connectivity index (χ1n) is 7.24. The molecule has 0 saturated carbocycles. The van der Waals surface area contributed by atoms with E-state index in [0.717, 1.165) is 22.1 Å². The predicted molar refractivity (Wildman–Crippen MR) is 94.7 cm³/mol. The second-order valence-electron chi connectivity index (χ2n) is 4.80. The summed E-state index contributed by atoms with van der Waals surface area (Å²) in [6.07, 6.45) is 5.83. The third-order valence-electron chi connectivity index (χ3n) is 2.92. The van der Waals surface area contributed by atoms with Crippen LogP contribution in [-0.4, -0.2) is 23.7 Å². The van der Waals surface area contributed by atoms with Crippen LogP contribution in [0.25, 0.3) is 12.2 Å². The van der Waals surface area contributed by atoms with Gasteiger partial charge in [-0.05, 0) is 28.6 Å². The molecule has 0 spiro atoms. The van der Waals surface area contributed by atoms with E-state index in [-0.39, 0.29) is 6.61 Å². The predicted octanol–water partition coefficient (Wildman–Crippen LogP) is 3.79. The van der Waals surface area contributed by atoms with Crippen molar-refractivity contribution < 1.29 is 19.4 Å². The molecule has 0 aliphatic carbocycles. The number of aliphatic carboxylic acids is 1. The van der Waals surface area contributed by atoms with Crippen LogP contribution < -0.4 is 5.32 Å². The number of hydrogen-bond acceptors (Lipinski definition) is 4. The minimum atomic E-state index is -0.973. The van der Waals surface area contributed by atoms with Gasteiger partial charge in [0.05, 0.1) is 0 Å². The molecule has 0 bridgehead atoms. The van der Waals surface area contributed by atoms with Gasteiger partial charge in [-0.2, -0.15) is 0 Å². The topological polar surface area (TPSA) is 75.6 Å². The number of ether oxygens (including phenoxy) is 1. The van der Waals surface area contributed by atoms with Crippen LogP contribution in [0.5, 0.6) is 0 Å². The van der Waals surface area contributed by atoms with Crippen molar-refractivity contribution in [2.75, 3.05) is 6.54 Å². The van der Waals surface area contributed by atoms with Crippen LogP contribution in [-0.2, 0) is 16.1 Å². The van der Waals surface area contributed by atoms with Gasteiger partial charge in [-0.15, -0.1) is 11.3 Å². The molecular formula is C18H17NO4S. The van der Waals surface area contributed by atoms with E-state index < -0.39 is 12.1 Å². The second kappa shape index (κ2) is 9.32. The number of hydrogen-bond donors (Lipinski definition) is 2. The van der Waals surface area contributed by atoms with Crippen molar-refractivity contribution in [1.82, 2.24) is 5.32 Å². The maximum atomic E-state index is 11.6. The maximum absolute atomic E-state index is 11.6. The highest BCUT2D eigenvalue weighted by Gasteiger charge is 2.00. The number of carboxylic acid groups (broad SMARTS) is 1. The third kappa shape index (κ3) is 6.50. The van der Waals surface area contributed by atoms with Crippen LogP contribution >= 0.6 is 11.3 Å². The average molecular weight is 343 g/mol. The minimum Gasteiger partial charge on any atom is -0.478 e. The number of rotatable bonds is 7. The number of amides is 1. The molecule has 24 heavy (non-hydrogen) atoms. The first kappa shape index (κ1) is 17.5. The molecule has 0 aliphatic rings. The molecule has 6 heteroatoms. The van der Waals surface area contributed by atoms with Gasteiger partial charge in [-0.1, -0.05) is 42.5 Å². The van der Waals surface area contributed by atoms with Gasteiger partial charge >= 0.3 is 12.1 Å². The van der Waals surface area contributed by atoms with E-state index in [4.69, 9.17) is 9.84 Å². The molecule has 1 aromatic heterocycles. The van der Waals surface area contributed by atoms with E-state index in [1.807, 2.05) is 47.9 Å². The van der Waals surface area contributed by atoms with Crippen molar-refractivity contribution in [3.05, 3.63) is 69.9 Å². The molecule has 2 rings (SSSR count). The standard InChI is InChI=1S/C18H17NO4S/c20-17(21)9-8-16-11-15(13-24-16)7-4-10-19-18(22)23-12-14-5-2-1-3-6-14/h1-9,11,13H,10,12H2,(H,19,22)(H,20,21)/b7-4?,9-8+. The van der Waals surface area contributed by atoms with Crippen molar-refractivity contribution in [2.45, 2.75) is 6.61 Å². The van der Waals surface area contributed by atoms with E-state index >= 15 is 0 Å². The van der Waals surface area contributed by atoms with Crippen molar-refractivity contribution >= 4 is 35.6 Å². The van der Waals surface area contributed by atoms with Crippen molar-refractivity contribution in [1.29, 1.82) is 0 Å². The fraction of sp³-hybridized carbons (Fsp3) is 0.111. The van der Waals surface area contributed by atoms with Gasteiger partial charge in [0.15, 0.2) is 0 Å². The first-order chi connectivity index (χ1) is 11.6. The molecule has 2 N–H and O–H groups in total. The van der Waals surface area contributed by atoms with Gasteiger partial charge in [0, 0.05) is 17.5 Å². The summed E-state index contributed by atoms with van der Waals surface area (Å²) in [5.41, 5.74) is 1.88. The summed E-state index contributed by atoms with van der Waals surface area (Å²) in [7, 11) is 0. The van der Waals surface area contributed by atoms with Gasteiger partial charge in [0.2, 0.25) is 0 Å². The molecule has 124 valence electrons. The van der Waals surface area contributed by atoms with E-state index in [0.29, 0.717) is 6.54 Å². The van der Waals surface area contributed by atoms with Gasteiger partial charge < -0.3 is 15.2 Å². The summed E-state index contributed by atoms with van der Waals surface area (Å²) < 4.78 is 5.09. The van der Waals surface area contributed by atoms with Gasteiger partial charge in [-0.25, -0.2) is 9.59 Å². The summed E-state index contributed by atoms with van der Waals surface area (Å²) in [4.78, 5) is 22.9. The Morgan fingerprint density at radius 3 is 2.75 bits per heavy atom. The quantitative estimate of drug-likeness (QED) is 0.750. The van der Waals surface area contributed by atoms with E-state index in [1.54, 1.807) is 12.2 Å². The fourth-order valence-electron chi connectivity index (χ4n) is 1.81. The molecule has 2 aromatic rings. The van der Waals surface area contributed by atoms with Gasteiger partial charge in [0.1, 0.15) is 6.61 Å². The van der Waals surface area contributed by atoms with Crippen molar-refractivity contribution in [2.24, 2.45) is 0 Å². The highest BCUT2D eigenvalue weighted by Crippen LogP contribution is 2.17. The smallest absolute Gasteiger partial charge is 0.407 e. The van der Waals surface area contributed by atoms with Crippen molar-refractivity contribution in [3.63, 3.8) is 0 Å². The lowest BCUT2D eigenvalue weighted by Gasteiger charge is -2.05. The molecule has 1 aromatic carbocycles. The fourth-order valence-corrected chi connectivity index (χ4v) is 2.58. The SMILES string of the molecule is O=C(O)/C=C/c1cc(C=CCNC(=O)OCc2ccccc2)cs1. The minimum absolute atomic E-state index is 0.236. The zero-order valence-electron chi connectivity index (χ0n) is 12.8. The van der Waals surface area contributed by atoms with Crippen molar-refractivity contribution in [3.8, 4) is 0 Å². The van der Waals surface area contributed by atoms with E-state index in [2.05, 4.69) is 5.32 Å². The molecule has 1 amide bonds. The number of nitrogens with one attached hydrogen (secondary N) is 1. The number of benzene rings is 1. The molecule has 0 aliphatic heterocycles. The zero-order chi connectivity index (χ0) is 17.2. The molecule has 0 fully saturated rings. The summed E-state index contributed by atoms with van der Waals surface area (Å²) in [5, 5.41) is 13.1. The summed E-state index contributed by atoms with van der Waals surface area (Å²) in [6.45, 7) is 0.587. The van der Waals surface area contributed by atoms with Gasteiger partial charge in [0.25, 0.3) is 0 Å². The van der Waals surface area contributed by atoms with Crippen LogP contribution in [0.15, 0.2) is 53.9 Å². The highest BCUT2D eigenvalue weighted by atomic mass is 32.1. The first-order valence-corrected chi connectivity index (χ1v) is 8.12. The van der Waals surface area contributed by atoms with E-state index in [9.17, 15) is 9.59 Å². The van der Waals surface area contributed by atoms with E-state index in [1.165, 1.54) is 11.3 Å². The second-order valence-corrected chi connectivity index (χ2v) is 5.74. The average Bonchev–Trinajstić information content (AvgIpc) is 3.04. The zero-order valence-corrected chi connectivity index (χ0v) is 13.7. The molecule has 0 unspecified atom stereocenters. The monoisotopic (exact) mass is 343 g/mol. The van der Waals surface area contributed by atoms with Crippen LogP contribution in [0.3, 0.4) is 0 Å². The number of carbonyl (C=O) groups is 2. The highest BCUT2D eigenvalue weighted by molar-refractivity contribution is 7.11. The Balaban J connectivity index is 1.70. The Hall–Kier alpha value is -2.86. The molecule has 5 nitrogen and oxygen atoms in total. The molecular weight excluding hydrogens is 326 g/mol. The Morgan fingerprint density at radius 2 is 2.00 bits per heavy atom. The Labute approximate surface area is 143 Å². The molecule has 0 atom stereocenters. The molecule has 0 radical (unpaired) electrons. The van der Waals surface area contributed by atoms with Gasteiger partial charge in [-0.3, -0.25) is 0 Å². The lowest BCUT2D eigenvalue weighted by atomic mass is 10.2. The Bertz CT molecular complexity index is 734. The summed E-state index contributed by atoms with van der Waals surface area (Å²) in [6, 6.07) is 11.3. The number of carboxylic acids is 1. The Kier molecular flexibility index (Phi) is 6.79. The van der Waals surface area contributed by atoms with Crippen LogP contribution in [0, 0.1) is 0 Å².